The van der Waals surface area contributed by atoms with Crippen LogP contribution in [0, 0.1) is 6.92 Å². The van der Waals surface area contributed by atoms with Crippen molar-refractivity contribution in [3.8, 4) is 5.75 Å². The molecular formula is C21H29N5O. The number of hydrogen-bond donors (Lipinski definition) is 0. The number of aromatic nitrogens is 2. The molecule has 0 unspecified atom stereocenters. The largest absolute Gasteiger partial charge is 0.497 e. The number of anilines is 2. The molecule has 2 fully saturated rings. The molecule has 0 saturated carbocycles. The Balaban J connectivity index is 1.38. The van der Waals surface area contributed by atoms with E-state index >= 15 is 0 Å². The lowest BCUT2D eigenvalue weighted by Gasteiger charge is -2.35. The van der Waals surface area contributed by atoms with Gasteiger partial charge in [0, 0.05) is 51.9 Å². The maximum absolute atomic E-state index is 5.34. The topological polar surface area (TPSA) is 44.7 Å². The summed E-state index contributed by atoms with van der Waals surface area (Å²) in [6.07, 6.45) is 2.53. The number of benzene rings is 1. The minimum absolute atomic E-state index is 0.869. The van der Waals surface area contributed by atoms with Crippen molar-refractivity contribution < 1.29 is 4.74 Å². The van der Waals surface area contributed by atoms with E-state index in [9.17, 15) is 0 Å². The first-order chi connectivity index (χ1) is 13.2. The number of methoxy groups -OCH3 is 1. The van der Waals surface area contributed by atoms with Gasteiger partial charge < -0.3 is 14.5 Å². The maximum atomic E-state index is 5.34. The Morgan fingerprint density at radius 1 is 0.889 bits per heavy atom. The van der Waals surface area contributed by atoms with Gasteiger partial charge in [-0.15, -0.1) is 0 Å². The zero-order valence-corrected chi connectivity index (χ0v) is 16.4. The van der Waals surface area contributed by atoms with Crippen LogP contribution in [0.1, 0.15) is 24.2 Å². The van der Waals surface area contributed by atoms with Gasteiger partial charge in [0.1, 0.15) is 23.2 Å². The summed E-state index contributed by atoms with van der Waals surface area (Å²) in [6, 6.07) is 10.5. The summed E-state index contributed by atoms with van der Waals surface area (Å²) >= 11 is 0. The fourth-order valence-electron chi connectivity index (χ4n) is 3.97. The molecule has 0 spiro atoms. The minimum atomic E-state index is 0.869. The molecule has 2 aliphatic heterocycles. The first-order valence-corrected chi connectivity index (χ1v) is 9.92. The molecule has 1 aromatic carbocycles. The second kappa shape index (κ2) is 8.13. The highest BCUT2D eigenvalue weighted by Crippen LogP contribution is 2.24. The van der Waals surface area contributed by atoms with Gasteiger partial charge >= 0.3 is 0 Å². The Bertz CT molecular complexity index is 767. The summed E-state index contributed by atoms with van der Waals surface area (Å²) in [5.41, 5.74) is 1.30. The monoisotopic (exact) mass is 367 g/mol. The third-order valence-corrected chi connectivity index (χ3v) is 5.48. The normalized spacial score (nSPS) is 18.1. The van der Waals surface area contributed by atoms with Gasteiger partial charge in [0.05, 0.1) is 7.11 Å². The summed E-state index contributed by atoms with van der Waals surface area (Å²) in [5.74, 6) is 3.96. The van der Waals surface area contributed by atoms with Crippen molar-refractivity contribution in [1.29, 1.82) is 0 Å². The molecule has 0 aliphatic carbocycles. The van der Waals surface area contributed by atoms with Crippen LogP contribution in [0.3, 0.4) is 0 Å². The Hall–Kier alpha value is -2.34. The van der Waals surface area contributed by atoms with Gasteiger partial charge in [-0.25, -0.2) is 9.97 Å². The first kappa shape index (κ1) is 18.0. The number of rotatable bonds is 5. The zero-order chi connectivity index (χ0) is 18.6. The first-order valence-electron chi connectivity index (χ1n) is 9.92. The fourth-order valence-corrected chi connectivity index (χ4v) is 3.97. The molecule has 0 N–H and O–H groups in total. The Kier molecular flexibility index (Phi) is 5.43. The van der Waals surface area contributed by atoms with Crippen LogP contribution in [0.15, 0.2) is 30.3 Å². The third kappa shape index (κ3) is 4.33. The molecule has 0 radical (unpaired) electrons. The number of aryl methyl sites for hydroxylation is 1. The van der Waals surface area contributed by atoms with Crippen LogP contribution in [0.2, 0.25) is 0 Å². The maximum Gasteiger partial charge on any atom is 0.134 e. The van der Waals surface area contributed by atoms with Crippen molar-refractivity contribution in [2.24, 2.45) is 0 Å². The van der Waals surface area contributed by atoms with Gasteiger partial charge in [-0.1, -0.05) is 12.1 Å². The molecule has 6 heteroatoms. The summed E-state index contributed by atoms with van der Waals surface area (Å²) < 4.78 is 5.34. The van der Waals surface area contributed by atoms with Gasteiger partial charge in [-0.2, -0.15) is 0 Å². The van der Waals surface area contributed by atoms with Crippen molar-refractivity contribution in [1.82, 2.24) is 14.9 Å². The van der Waals surface area contributed by atoms with E-state index in [1.165, 1.54) is 18.4 Å². The molecule has 4 rings (SSSR count). The summed E-state index contributed by atoms with van der Waals surface area (Å²) in [4.78, 5) is 16.7. The van der Waals surface area contributed by atoms with Crippen molar-refractivity contribution in [3.05, 3.63) is 41.7 Å². The van der Waals surface area contributed by atoms with Crippen LogP contribution in [-0.2, 0) is 6.54 Å². The molecule has 2 saturated heterocycles. The average molecular weight is 367 g/mol. The third-order valence-electron chi connectivity index (χ3n) is 5.48. The smallest absolute Gasteiger partial charge is 0.134 e. The van der Waals surface area contributed by atoms with Crippen LogP contribution in [0.4, 0.5) is 11.6 Å². The molecule has 0 bridgehead atoms. The highest BCUT2D eigenvalue weighted by atomic mass is 16.5. The van der Waals surface area contributed by atoms with E-state index in [-0.39, 0.29) is 0 Å². The quantitative estimate of drug-likeness (QED) is 0.810. The number of piperazine rings is 1. The molecule has 27 heavy (non-hydrogen) atoms. The molecule has 144 valence electrons. The lowest BCUT2D eigenvalue weighted by atomic mass is 10.2. The summed E-state index contributed by atoms with van der Waals surface area (Å²) in [5, 5.41) is 0. The number of nitrogens with zero attached hydrogens (tertiary/aromatic N) is 5. The Morgan fingerprint density at radius 3 is 2.22 bits per heavy atom. The zero-order valence-electron chi connectivity index (χ0n) is 16.4. The Morgan fingerprint density at radius 2 is 1.56 bits per heavy atom. The van der Waals surface area contributed by atoms with E-state index < -0.39 is 0 Å². The van der Waals surface area contributed by atoms with Crippen molar-refractivity contribution in [3.63, 3.8) is 0 Å². The molecule has 2 aliphatic rings. The molecule has 0 atom stereocenters. The van der Waals surface area contributed by atoms with Crippen molar-refractivity contribution >= 4 is 11.6 Å². The molecule has 1 aromatic heterocycles. The molecule has 3 heterocycles. The molecule has 2 aromatic rings. The second-order valence-corrected chi connectivity index (χ2v) is 7.44. The molecular weight excluding hydrogens is 338 g/mol. The van der Waals surface area contributed by atoms with Crippen LogP contribution >= 0.6 is 0 Å². The predicted molar refractivity (Wildman–Crippen MR) is 109 cm³/mol. The van der Waals surface area contributed by atoms with Crippen LogP contribution in [0.5, 0.6) is 5.75 Å². The van der Waals surface area contributed by atoms with E-state index in [0.717, 1.165) is 69.0 Å². The van der Waals surface area contributed by atoms with E-state index in [1.54, 1.807) is 7.11 Å². The van der Waals surface area contributed by atoms with Gasteiger partial charge in [0.2, 0.25) is 0 Å². The van der Waals surface area contributed by atoms with Crippen molar-refractivity contribution in [2.75, 3.05) is 56.2 Å². The van der Waals surface area contributed by atoms with Crippen molar-refractivity contribution in [2.45, 2.75) is 26.3 Å². The number of hydrogen-bond acceptors (Lipinski definition) is 6. The SMILES string of the molecule is COc1cccc(CN2CCN(c3cc(N4CCCC4)nc(C)n3)CC2)c1. The highest BCUT2D eigenvalue weighted by Gasteiger charge is 2.21. The van der Waals surface area contributed by atoms with E-state index in [1.807, 2.05) is 13.0 Å². The van der Waals surface area contributed by atoms with Gasteiger partial charge in [0.15, 0.2) is 0 Å². The van der Waals surface area contributed by atoms with Gasteiger partial charge in [0.25, 0.3) is 0 Å². The lowest BCUT2D eigenvalue weighted by molar-refractivity contribution is 0.249. The van der Waals surface area contributed by atoms with E-state index in [2.05, 4.69) is 43.9 Å². The summed E-state index contributed by atoms with van der Waals surface area (Å²) in [7, 11) is 1.72. The van der Waals surface area contributed by atoms with Crippen LogP contribution in [0.25, 0.3) is 0 Å². The molecule has 6 nitrogen and oxygen atoms in total. The fraction of sp³-hybridized carbons (Fsp3) is 0.524. The van der Waals surface area contributed by atoms with E-state index in [0.29, 0.717) is 0 Å². The van der Waals surface area contributed by atoms with Crippen LogP contribution < -0.4 is 14.5 Å². The molecule has 0 amide bonds. The highest BCUT2D eigenvalue weighted by molar-refractivity contribution is 5.51. The summed E-state index contributed by atoms with van der Waals surface area (Å²) in [6.45, 7) is 9.28. The standard InChI is InChI=1S/C21H29N5O/c1-17-22-20(25-8-3-4-9-25)15-21(23-17)26-12-10-24(11-13-26)16-18-6-5-7-19(14-18)27-2/h5-7,14-15H,3-4,8-13,16H2,1-2H3. The van der Waals surface area contributed by atoms with E-state index in [4.69, 9.17) is 9.72 Å². The Labute approximate surface area is 161 Å². The minimum Gasteiger partial charge on any atom is -0.497 e. The van der Waals surface area contributed by atoms with Gasteiger partial charge in [-0.3, -0.25) is 4.90 Å². The van der Waals surface area contributed by atoms with Crippen LogP contribution in [-0.4, -0.2) is 61.2 Å². The number of ether oxygens (including phenoxy) is 1. The predicted octanol–water partition coefficient (Wildman–Crippen LogP) is 2.72. The lowest BCUT2D eigenvalue weighted by Crippen LogP contribution is -2.46. The van der Waals surface area contributed by atoms with Gasteiger partial charge in [-0.05, 0) is 37.5 Å². The second-order valence-electron chi connectivity index (χ2n) is 7.44. The average Bonchev–Trinajstić information content (AvgIpc) is 3.23.